The largest absolute Gasteiger partial charge is 0.307 e. The van der Waals surface area contributed by atoms with Crippen molar-refractivity contribution in [2.24, 2.45) is 7.05 Å². The van der Waals surface area contributed by atoms with Gasteiger partial charge in [-0.3, -0.25) is 19.3 Å². The molecule has 3 aliphatic rings. The first-order valence-corrected chi connectivity index (χ1v) is 9.41. The summed E-state index contributed by atoms with van der Waals surface area (Å²) >= 11 is 0. The van der Waals surface area contributed by atoms with Gasteiger partial charge in [-0.05, 0) is 12.8 Å². The van der Waals surface area contributed by atoms with Crippen molar-refractivity contribution in [1.29, 1.82) is 5.26 Å². The molecule has 7 heteroatoms. The molecule has 1 aromatic rings. The van der Waals surface area contributed by atoms with E-state index in [0.29, 0.717) is 19.0 Å². The van der Waals surface area contributed by atoms with E-state index in [2.05, 4.69) is 17.2 Å². The summed E-state index contributed by atoms with van der Waals surface area (Å²) in [4.78, 5) is 18.8. The lowest BCUT2D eigenvalue weighted by atomic mass is 9.87. The first kappa shape index (κ1) is 16.4. The molecular formula is C18H26N6O. The quantitative estimate of drug-likeness (QED) is 0.758. The Hall–Kier alpha value is -2.07. The summed E-state index contributed by atoms with van der Waals surface area (Å²) in [5, 5.41) is 13.9. The molecule has 1 aliphatic carbocycles. The molecule has 1 amide bonds. The second kappa shape index (κ2) is 6.68. The highest BCUT2D eigenvalue weighted by atomic mass is 16.2. The van der Waals surface area contributed by atoms with Crippen LogP contribution in [0.1, 0.15) is 43.7 Å². The van der Waals surface area contributed by atoms with E-state index in [-0.39, 0.29) is 11.9 Å². The maximum Gasteiger partial charge on any atom is 0.247 e. The Morgan fingerprint density at radius 3 is 2.68 bits per heavy atom. The molecule has 0 bridgehead atoms. The first-order chi connectivity index (χ1) is 12.2. The number of carbonyl (C=O) groups is 1. The Labute approximate surface area is 148 Å². The number of nitriles is 1. The zero-order valence-electron chi connectivity index (χ0n) is 14.9. The molecule has 0 radical (unpaired) electrons. The molecule has 4 rings (SSSR count). The molecule has 0 aromatic carbocycles. The topological polar surface area (TPSA) is 68.4 Å². The summed E-state index contributed by atoms with van der Waals surface area (Å²) in [5.74, 6) is 1.54. The molecule has 1 unspecified atom stereocenters. The van der Waals surface area contributed by atoms with Crippen molar-refractivity contribution in [2.75, 3.05) is 37.6 Å². The molecule has 134 valence electrons. The molecule has 1 atom stereocenters. The number of aromatic nitrogens is 2. The van der Waals surface area contributed by atoms with Crippen LogP contribution in [0.5, 0.6) is 0 Å². The van der Waals surface area contributed by atoms with Gasteiger partial charge in [-0.15, -0.1) is 0 Å². The molecule has 0 N–H and O–H groups in total. The number of aryl methyl sites for hydroxylation is 1. The molecule has 0 spiro atoms. The van der Waals surface area contributed by atoms with E-state index in [1.165, 1.54) is 32.1 Å². The maximum atomic E-state index is 13.1. The van der Waals surface area contributed by atoms with Crippen molar-refractivity contribution in [3.05, 3.63) is 11.8 Å². The number of hydrogen-bond donors (Lipinski definition) is 0. The number of anilines is 1. The van der Waals surface area contributed by atoms with Crippen LogP contribution in [0.15, 0.2) is 6.07 Å². The van der Waals surface area contributed by atoms with Crippen molar-refractivity contribution >= 4 is 11.7 Å². The number of piperazine rings is 2. The predicted octanol–water partition coefficient (Wildman–Crippen LogP) is 1.28. The Morgan fingerprint density at radius 2 is 1.92 bits per heavy atom. The van der Waals surface area contributed by atoms with Gasteiger partial charge in [-0.1, -0.05) is 19.3 Å². The third-order valence-electron chi connectivity index (χ3n) is 5.97. The smallest absolute Gasteiger partial charge is 0.247 e. The van der Waals surface area contributed by atoms with E-state index in [0.717, 1.165) is 31.1 Å². The van der Waals surface area contributed by atoms with E-state index >= 15 is 0 Å². The highest BCUT2D eigenvalue weighted by Gasteiger charge is 2.40. The summed E-state index contributed by atoms with van der Waals surface area (Å²) in [6.07, 6.45) is 8.48. The Bertz CT molecular complexity index is 686. The normalized spacial score (nSPS) is 25.8. The Balaban J connectivity index is 1.54. The van der Waals surface area contributed by atoms with Gasteiger partial charge in [-0.2, -0.15) is 10.4 Å². The van der Waals surface area contributed by atoms with Gasteiger partial charge in [0.05, 0.1) is 12.2 Å². The SMILES string of the molecule is Cn1nc(C2CCCCC2)cc1N1CCN2CCN(C#N)CC2C1=O. The molecule has 1 aromatic heterocycles. The highest BCUT2D eigenvalue weighted by molar-refractivity contribution is 5.97. The predicted molar refractivity (Wildman–Crippen MR) is 93.9 cm³/mol. The summed E-state index contributed by atoms with van der Waals surface area (Å²) in [5.41, 5.74) is 1.13. The highest BCUT2D eigenvalue weighted by Crippen LogP contribution is 2.34. The van der Waals surface area contributed by atoms with Crippen LogP contribution >= 0.6 is 0 Å². The van der Waals surface area contributed by atoms with E-state index < -0.39 is 0 Å². The molecule has 2 aliphatic heterocycles. The van der Waals surface area contributed by atoms with Gasteiger partial charge in [0, 0.05) is 45.2 Å². The lowest BCUT2D eigenvalue weighted by Gasteiger charge is -2.44. The van der Waals surface area contributed by atoms with E-state index in [9.17, 15) is 4.79 Å². The molecule has 7 nitrogen and oxygen atoms in total. The molecule has 2 saturated heterocycles. The summed E-state index contributed by atoms with van der Waals surface area (Å²) in [6, 6.07) is 1.91. The summed E-state index contributed by atoms with van der Waals surface area (Å²) in [6.45, 7) is 3.57. The fraction of sp³-hybridized carbons (Fsp3) is 0.722. The zero-order valence-corrected chi connectivity index (χ0v) is 14.9. The minimum Gasteiger partial charge on any atom is -0.307 e. The molecule has 25 heavy (non-hydrogen) atoms. The number of fused-ring (bicyclic) bond motifs is 1. The van der Waals surface area contributed by atoms with E-state index in [4.69, 9.17) is 10.4 Å². The second-order valence-corrected chi connectivity index (χ2v) is 7.47. The van der Waals surface area contributed by atoms with Gasteiger partial charge >= 0.3 is 0 Å². The molecular weight excluding hydrogens is 316 g/mol. The standard InChI is InChI=1S/C18H26N6O/c1-21-17(11-15(20-21)14-5-3-2-4-6-14)24-10-9-23-8-7-22(13-19)12-16(23)18(24)25/h11,14,16H,2-10,12H2,1H3. The monoisotopic (exact) mass is 342 g/mol. The number of amides is 1. The van der Waals surface area contributed by atoms with Crippen LogP contribution in [0.4, 0.5) is 5.82 Å². The lowest BCUT2D eigenvalue weighted by molar-refractivity contribution is -0.128. The lowest BCUT2D eigenvalue weighted by Crippen LogP contribution is -2.64. The minimum absolute atomic E-state index is 0.101. The summed E-state index contributed by atoms with van der Waals surface area (Å²) < 4.78 is 1.86. The van der Waals surface area contributed by atoms with Crippen LogP contribution in [-0.2, 0) is 11.8 Å². The van der Waals surface area contributed by atoms with Crippen LogP contribution in [-0.4, -0.2) is 64.3 Å². The van der Waals surface area contributed by atoms with Gasteiger partial charge in [0.25, 0.3) is 0 Å². The third-order valence-corrected chi connectivity index (χ3v) is 5.97. The van der Waals surface area contributed by atoms with Gasteiger partial charge in [-0.25, -0.2) is 0 Å². The zero-order chi connectivity index (χ0) is 17.4. The van der Waals surface area contributed by atoms with Crippen LogP contribution < -0.4 is 4.90 Å². The maximum absolute atomic E-state index is 13.1. The van der Waals surface area contributed by atoms with Crippen molar-refractivity contribution in [1.82, 2.24) is 19.6 Å². The number of rotatable bonds is 2. The number of nitrogens with zero attached hydrogens (tertiary/aromatic N) is 6. The Kier molecular flexibility index (Phi) is 4.38. The van der Waals surface area contributed by atoms with Crippen molar-refractivity contribution in [3.8, 4) is 6.19 Å². The van der Waals surface area contributed by atoms with Crippen molar-refractivity contribution in [2.45, 2.75) is 44.1 Å². The minimum atomic E-state index is -0.213. The average molecular weight is 342 g/mol. The average Bonchev–Trinajstić information content (AvgIpc) is 3.04. The third kappa shape index (κ3) is 2.99. The van der Waals surface area contributed by atoms with Crippen LogP contribution in [0.3, 0.4) is 0 Å². The number of hydrogen-bond acceptors (Lipinski definition) is 5. The number of carbonyl (C=O) groups excluding carboxylic acids is 1. The van der Waals surface area contributed by atoms with E-state index in [1.807, 2.05) is 16.6 Å². The van der Waals surface area contributed by atoms with Gasteiger partial charge in [0.15, 0.2) is 6.19 Å². The van der Waals surface area contributed by atoms with Crippen molar-refractivity contribution < 1.29 is 4.79 Å². The summed E-state index contributed by atoms with van der Waals surface area (Å²) in [7, 11) is 1.93. The molecule has 1 saturated carbocycles. The molecule has 3 heterocycles. The van der Waals surface area contributed by atoms with Gasteiger partial charge in [0.1, 0.15) is 11.9 Å². The van der Waals surface area contributed by atoms with E-state index in [1.54, 1.807) is 4.90 Å². The van der Waals surface area contributed by atoms with Crippen LogP contribution in [0, 0.1) is 11.5 Å². The van der Waals surface area contributed by atoms with Crippen LogP contribution in [0.25, 0.3) is 0 Å². The van der Waals surface area contributed by atoms with Crippen molar-refractivity contribution in [3.63, 3.8) is 0 Å². The fourth-order valence-electron chi connectivity index (χ4n) is 4.49. The first-order valence-electron chi connectivity index (χ1n) is 9.41. The Morgan fingerprint density at radius 1 is 1.16 bits per heavy atom. The van der Waals surface area contributed by atoms with Crippen LogP contribution in [0.2, 0.25) is 0 Å². The molecule has 3 fully saturated rings. The fourth-order valence-corrected chi connectivity index (χ4v) is 4.49. The van der Waals surface area contributed by atoms with Gasteiger partial charge < -0.3 is 4.90 Å². The van der Waals surface area contributed by atoms with Gasteiger partial charge in [0.2, 0.25) is 5.91 Å². The second-order valence-electron chi connectivity index (χ2n) is 7.47.